The molecule has 1 aliphatic rings. The van der Waals surface area contributed by atoms with Gasteiger partial charge in [-0.15, -0.1) is 0 Å². The van der Waals surface area contributed by atoms with Gasteiger partial charge in [0.1, 0.15) is 10.7 Å². The van der Waals surface area contributed by atoms with Crippen molar-refractivity contribution >= 4 is 17.2 Å². The number of likely N-dealkylation sites (tertiary alicyclic amines) is 1. The Bertz CT molecular complexity index is 467. The van der Waals surface area contributed by atoms with Crippen LogP contribution >= 0.6 is 12.2 Å². The van der Waals surface area contributed by atoms with E-state index in [0.29, 0.717) is 24.1 Å². The predicted octanol–water partition coefficient (Wildman–Crippen LogP) is 1.79. The highest BCUT2D eigenvalue weighted by Gasteiger charge is 2.21. The molecular weight excluding hydrogens is 284 g/mol. The van der Waals surface area contributed by atoms with E-state index in [-0.39, 0.29) is 0 Å². The van der Waals surface area contributed by atoms with E-state index in [2.05, 4.69) is 4.90 Å². The van der Waals surface area contributed by atoms with Gasteiger partial charge < -0.3 is 20.5 Å². The number of nitrogens with two attached hydrogens (primary N) is 1. The summed E-state index contributed by atoms with van der Waals surface area (Å²) in [7, 11) is 0. The second-order valence-electron chi connectivity index (χ2n) is 5.53. The fraction of sp³-hybridized carbons (Fsp3) is 0.562. The van der Waals surface area contributed by atoms with Crippen LogP contribution in [0.15, 0.2) is 24.3 Å². The van der Waals surface area contributed by atoms with Crippen molar-refractivity contribution in [3.8, 4) is 5.75 Å². The largest absolute Gasteiger partial charge is 0.493 e. The summed E-state index contributed by atoms with van der Waals surface area (Å²) in [5.74, 6) is 1.43. The van der Waals surface area contributed by atoms with Crippen LogP contribution in [0.2, 0.25) is 0 Å². The highest BCUT2D eigenvalue weighted by atomic mass is 32.1. The van der Waals surface area contributed by atoms with Crippen molar-refractivity contribution in [3.05, 3.63) is 29.8 Å². The molecule has 0 aromatic heterocycles. The van der Waals surface area contributed by atoms with E-state index in [0.717, 1.165) is 43.8 Å². The van der Waals surface area contributed by atoms with Crippen LogP contribution in [0.1, 0.15) is 24.8 Å². The van der Waals surface area contributed by atoms with Crippen LogP contribution in [-0.4, -0.2) is 47.8 Å². The first-order valence-corrected chi connectivity index (χ1v) is 7.96. The lowest BCUT2D eigenvalue weighted by Gasteiger charge is -2.16. The number of rotatable bonds is 8. The molecular formula is C16H24N2O2S. The van der Waals surface area contributed by atoms with Crippen molar-refractivity contribution in [1.29, 1.82) is 0 Å². The number of thiocarbonyl (C=S) groups is 1. The van der Waals surface area contributed by atoms with Crippen molar-refractivity contribution in [3.63, 3.8) is 0 Å². The highest BCUT2D eigenvalue weighted by Crippen LogP contribution is 2.20. The fourth-order valence-electron chi connectivity index (χ4n) is 2.80. The third-order valence-corrected chi connectivity index (χ3v) is 4.16. The zero-order valence-corrected chi connectivity index (χ0v) is 13.1. The Balaban J connectivity index is 1.70. The minimum atomic E-state index is 0.303. The van der Waals surface area contributed by atoms with Gasteiger partial charge in [0.15, 0.2) is 0 Å². The molecule has 1 aromatic rings. The zero-order valence-electron chi connectivity index (χ0n) is 12.3. The summed E-state index contributed by atoms with van der Waals surface area (Å²) in [5.41, 5.74) is 6.49. The van der Waals surface area contributed by atoms with Gasteiger partial charge in [0.2, 0.25) is 0 Å². The lowest BCUT2D eigenvalue weighted by atomic mass is 10.1. The standard InChI is InChI=1S/C16H24N2O2S/c17-16(21)14-4-1-2-5-15(14)20-11-3-8-18-9-6-13(12-18)7-10-19/h1-2,4-5,13,19H,3,6-12H2,(H2,17,21). The second kappa shape index (κ2) is 8.32. The third-order valence-electron chi connectivity index (χ3n) is 3.94. The van der Waals surface area contributed by atoms with Crippen LogP contribution in [0, 0.1) is 5.92 Å². The maximum absolute atomic E-state index is 8.96. The number of aliphatic hydroxyl groups is 1. The molecule has 0 bridgehead atoms. The first kappa shape index (κ1) is 16.2. The van der Waals surface area contributed by atoms with Crippen LogP contribution in [0.4, 0.5) is 0 Å². The Morgan fingerprint density at radius 1 is 1.43 bits per heavy atom. The van der Waals surface area contributed by atoms with Crippen molar-refractivity contribution in [1.82, 2.24) is 4.90 Å². The normalized spacial score (nSPS) is 18.8. The molecule has 0 amide bonds. The molecule has 3 N–H and O–H groups in total. The molecule has 0 radical (unpaired) electrons. The zero-order chi connectivity index (χ0) is 15.1. The van der Waals surface area contributed by atoms with Gasteiger partial charge in [-0.1, -0.05) is 24.4 Å². The monoisotopic (exact) mass is 308 g/mol. The summed E-state index contributed by atoms with van der Waals surface area (Å²) in [6.07, 6.45) is 3.11. The van der Waals surface area contributed by atoms with E-state index in [4.69, 9.17) is 27.8 Å². The number of para-hydroxylation sites is 1. The molecule has 1 aromatic carbocycles. The molecule has 0 spiro atoms. The van der Waals surface area contributed by atoms with Crippen molar-refractivity contribution in [2.24, 2.45) is 11.7 Å². The van der Waals surface area contributed by atoms with Gasteiger partial charge in [-0.3, -0.25) is 0 Å². The van der Waals surface area contributed by atoms with Crippen molar-refractivity contribution in [2.45, 2.75) is 19.3 Å². The average molecular weight is 308 g/mol. The van der Waals surface area contributed by atoms with E-state index in [9.17, 15) is 0 Å². The van der Waals surface area contributed by atoms with Gasteiger partial charge in [0, 0.05) is 19.7 Å². The number of hydrogen-bond acceptors (Lipinski definition) is 4. The van der Waals surface area contributed by atoms with Gasteiger partial charge in [-0.25, -0.2) is 0 Å². The summed E-state index contributed by atoms with van der Waals surface area (Å²) in [6.45, 7) is 4.24. The molecule has 1 aliphatic heterocycles. The molecule has 116 valence electrons. The Hall–Kier alpha value is -1.17. The minimum absolute atomic E-state index is 0.303. The van der Waals surface area contributed by atoms with Crippen LogP contribution in [0.25, 0.3) is 0 Å². The van der Waals surface area contributed by atoms with E-state index >= 15 is 0 Å². The molecule has 5 heteroatoms. The number of ether oxygens (including phenoxy) is 1. The summed E-state index contributed by atoms with van der Waals surface area (Å²) in [5, 5.41) is 8.96. The maximum atomic E-state index is 8.96. The van der Waals surface area contributed by atoms with Crippen LogP contribution in [0.5, 0.6) is 5.75 Å². The van der Waals surface area contributed by atoms with E-state index in [1.807, 2.05) is 24.3 Å². The lowest BCUT2D eigenvalue weighted by Crippen LogP contribution is -2.23. The van der Waals surface area contributed by atoms with Gasteiger partial charge in [-0.2, -0.15) is 0 Å². The minimum Gasteiger partial charge on any atom is -0.493 e. The number of nitrogens with zero attached hydrogens (tertiary/aromatic N) is 1. The quantitative estimate of drug-likeness (QED) is 0.566. The second-order valence-corrected chi connectivity index (χ2v) is 5.97. The smallest absolute Gasteiger partial charge is 0.129 e. The SMILES string of the molecule is NC(=S)c1ccccc1OCCCN1CCC(CCO)C1. The molecule has 1 heterocycles. The van der Waals surface area contributed by atoms with Crippen LogP contribution in [0.3, 0.4) is 0 Å². The van der Waals surface area contributed by atoms with E-state index in [1.54, 1.807) is 0 Å². The highest BCUT2D eigenvalue weighted by molar-refractivity contribution is 7.80. The molecule has 2 rings (SSSR count). The molecule has 1 unspecified atom stereocenters. The van der Waals surface area contributed by atoms with Gasteiger partial charge >= 0.3 is 0 Å². The van der Waals surface area contributed by atoms with Crippen LogP contribution < -0.4 is 10.5 Å². The average Bonchev–Trinajstić information content (AvgIpc) is 2.92. The van der Waals surface area contributed by atoms with E-state index < -0.39 is 0 Å². The molecule has 1 atom stereocenters. The fourth-order valence-corrected chi connectivity index (χ4v) is 2.97. The summed E-state index contributed by atoms with van der Waals surface area (Å²) in [4.78, 5) is 2.82. The lowest BCUT2D eigenvalue weighted by molar-refractivity contribution is 0.239. The summed E-state index contributed by atoms with van der Waals surface area (Å²) >= 11 is 5.02. The van der Waals surface area contributed by atoms with Crippen LogP contribution in [-0.2, 0) is 0 Å². The molecule has 0 aliphatic carbocycles. The van der Waals surface area contributed by atoms with Gasteiger partial charge in [0.05, 0.1) is 12.2 Å². The van der Waals surface area contributed by atoms with Crippen molar-refractivity contribution in [2.75, 3.05) is 32.8 Å². The summed E-state index contributed by atoms with van der Waals surface area (Å²) in [6, 6.07) is 7.63. The first-order chi connectivity index (χ1) is 10.2. The first-order valence-electron chi connectivity index (χ1n) is 7.55. The van der Waals surface area contributed by atoms with Gasteiger partial charge in [0.25, 0.3) is 0 Å². The maximum Gasteiger partial charge on any atom is 0.129 e. The molecule has 21 heavy (non-hydrogen) atoms. The summed E-state index contributed by atoms with van der Waals surface area (Å²) < 4.78 is 5.80. The van der Waals surface area contributed by atoms with Crippen molar-refractivity contribution < 1.29 is 9.84 Å². The Labute approximate surface area is 131 Å². The molecule has 0 saturated carbocycles. The molecule has 1 saturated heterocycles. The van der Waals surface area contributed by atoms with E-state index in [1.165, 1.54) is 6.42 Å². The molecule has 1 fully saturated rings. The third kappa shape index (κ3) is 4.95. The Morgan fingerprint density at radius 3 is 3.00 bits per heavy atom. The Morgan fingerprint density at radius 2 is 2.24 bits per heavy atom. The number of hydrogen-bond donors (Lipinski definition) is 2. The topological polar surface area (TPSA) is 58.7 Å². The number of benzene rings is 1. The number of aliphatic hydroxyl groups excluding tert-OH is 1. The predicted molar refractivity (Wildman–Crippen MR) is 88.7 cm³/mol. The van der Waals surface area contributed by atoms with Gasteiger partial charge in [-0.05, 0) is 43.9 Å². The molecule has 4 nitrogen and oxygen atoms in total. The Kier molecular flexibility index (Phi) is 6.42.